The van der Waals surface area contributed by atoms with E-state index in [1.54, 1.807) is 16.7 Å². The van der Waals surface area contributed by atoms with Crippen molar-refractivity contribution in [2.45, 2.75) is 11.8 Å². The molecule has 28 heavy (non-hydrogen) atoms. The van der Waals surface area contributed by atoms with Crippen molar-refractivity contribution in [3.63, 3.8) is 0 Å². The number of hydrogen-bond acceptors (Lipinski definition) is 6. The molecule has 3 aromatic rings. The molecule has 0 spiro atoms. The fourth-order valence-electron chi connectivity index (χ4n) is 2.74. The minimum absolute atomic E-state index is 0.0291. The molecule has 0 fully saturated rings. The molecule has 1 amide bonds. The number of fused-ring (bicyclic) bond motifs is 1. The standard InChI is InChI=1S/C21H25N3O2S2/c1-5-26-16-8-11-18-19(14-16)28-21(22-18)24(13-12-23(2)3)20(25)15-6-9-17(27-4)10-7-15/h6-11,14H,5,12-13H2,1-4H3. The average Bonchev–Trinajstić information content (AvgIpc) is 3.11. The summed E-state index contributed by atoms with van der Waals surface area (Å²) in [6.07, 6.45) is 2.03. The summed E-state index contributed by atoms with van der Waals surface area (Å²) >= 11 is 3.18. The van der Waals surface area contributed by atoms with Gasteiger partial charge in [0.15, 0.2) is 5.13 Å². The van der Waals surface area contributed by atoms with Gasteiger partial charge in [-0.15, -0.1) is 11.8 Å². The molecule has 148 valence electrons. The molecule has 0 bridgehead atoms. The third-order valence-corrected chi connectivity index (χ3v) is 6.03. The molecule has 3 rings (SSSR count). The van der Waals surface area contributed by atoms with Crippen LogP contribution in [0.4, 0.5) is 5.13 Å². The Kier molecular flexibility index (Phi) is 6.93. The van der Waals surface area contributed by atoms with Crippen LogP contribution < -0.4 is 9.64 Å². The van der Waals surface area contributed by atoms with E-state index in [2.05, 4.69) is 4.90 Å². The number of aromatic nitrogens is 1. The lowest BCUT2D eigenvalue weighted by Crippen LogP contribution is -2.36. The largest absolute Gasteiger partial charge is 0.494 e. The van der Waals surface area contributed by atoms with E-state index < -0.39 is 0 Å². The van der Waals surface area contributed by atoms with Crippen LogP contribution in [0.1, 0.15) is 17.3 Å². The first-order chi connectivity index (χ1) is 13.5. The Morgan fingerprint density at radius 2 is 1.89 bits per heavy atom. The van der Waals surface area contributed by atoms with Gasteiger partial charge in [-0.1, -0.05) is 11.3 Å². The Morgan fingerprint density at radius 1 is 1.14 bits per heavy atom. The zero-order valence-corrected chi connectivity index (χ0v) is 18.3. The van der Waals surface area contributed by atoms with Crippen molar-refractivity contribution in [2.24, 2.45) is 0 Å². The first kappa shape index (κ1) is 20.6. The van der Waals surface area contributed by atoms with Crippen molar-refractivity contribution in [3.05, 3.63) is 48.0 Å². The number of anilines is 1. The summed E-state index contributed by atoms with van der Waals surface area (Å²) in [6, 6.07) is 13.6. The molecule has 7 heteroatoms. The van der Waals surface area contributed by atoms with E-state index in [4.69, 9.17) is 9.72 Å². The molecule has 0 atom stereocenters. The third-order valence-electron chi connectivity index (χ3n) is 4.24. The number of thiazole rings is 1. The minimum atomic E-state index is -0.0291. The quantitative estimate of drug-likeness (QED) is 0.502. The summed E-state index contributed by atoms with van der Waals surface area (Å²) in [5, 5.41) is 0.712. The second-order valence-corrected chi connectivity index (χ2v) is 8.44. The molecular weight excluding hydrogens is 390 g/mol. The Labute approximate surface area is 174 Å². The lowest BCUT2D eigenvalue weighted by atomic mass is 10.2. The Morgan fingerprint density at radius 3 is 2.54 bits per heavy atom. The number of carbonyl (C=O) groups is 1. The van der Waals surface area contributed by atoms with Gasteiger partial charge in [0.1, 0.15) is 5.75 Å². The summed E-state index contributed by atoms with van der Waals surface area (Å²) < 4.78 is 6.61. The summed E-state index contributed by atoms with van der Waals surface area (Å²) in [6.45, 7) is 3.92. The number of amides is 1. The van der Waals surface area contributed by atoms with E-state index in [0.717, 1.165) is 27.4 Å². The maximum atomic E-state index is 13.2. The number of nitrogens with zero attached hydrogens (tertiary/aromatic N) is 3. The highest BCUT2D eigenvalue weighted by molar-refractivity contribution is 7.98. The van der Waals surface area contributed by atoms with Crippen LogP contribution in [0.15, 0.2) is 47.4 Å². The van der Waals surface area contributed by atoms with Gasteiger partial charge in [0.05, 0.1) is 16.8 Å². The predicted octanol–water partition coefficient (Wildman–Crippen LogP) is 4.63. The number of thioether (sulfide) groups is 1. The van der Waals surface area contributed by atoms with E-state index in [0.29, 0.717) is 23.8 Å². The van der Waals surface area contributed by atoms with E-state index in [1.165, 1.54) is 11.3 Å². The normalized spacial score (nSPS) is 11.2. The van der Waals surface area contributed by atoms with Crippen molar-refractivity contribution in [1.82, 2.24) is 9.88 Å². The number of rotatable bonds is 8. The lowest BCUT2D eigenvalue weighted by molar-refractivity contribution is 0.0985. The summed E-state index contributed by atoms with van der Waals surface area (Å²) in [5.74, 6) is 0.794. The first-order valence-electron chi connectivity index (χ1n) is 9.16. The van der Waals surface area contributed by atoms with Crippen molar-refractivity contribution >= 4 is 44.4 Å². The number of benzene rings is 2. The Hall–Kier alpha value is -2.09. The summed E-state index contributed by atoms with van der Waals surface area (Å²) in [5.41, 5.74) is 1.55. The maximum absolute atomic E-state index is 13.2. The van der Waals surface area contributed by atoms with Gasteiger partial charge < -0.3 is 9.64 Å². The zero-order valence-electron chi connectivity index (χ0n) is 16.6. The molecule has 0 aliphatic rings. The fraction of sp³-hybridized carbons (Fsp3) is 0.333. The highest BCUT2D eigenvalue weighted by Crippen LogP contribution is 2.32. The van der Waals surface area contributed by atoms with Gasteiger partial charge in [-0.3, -0.25) is 9.69 Å². The van der Waals surface area contributed by atoms with Crippen LogP contribution in [0.5, 0.6) is 5.75 Å². The van der Waals surface area contributed by atoms with Gasteiger partial charge in [-0.05, 0) is 69.7 Å². The molecule has 0 N–H and O–H groups in total. The number of hydrogen-bond donors (Lipinski definition) is 0. The number of ether oxygens (including phenoxy) is 1. The van der Waals surface area contributed by atoms with E-state index in [1.807, 2.05) is 69.7 Å². The number of carbonyl (C=O) groups excluding carboxylic acids is 1. The molecule has 0 saturated heterocycles. The Bertz CT molecular complexity index is 938. The average molecular weight is 416 g/mol. The molecule has 0 aliphatic heterocycles. The van der Waals surface area contributed by atoms with Crippen LogP contribution in [0.25, 0.3) is 10.2 Å². The van der Waals surface area contributed by atoms with Gasteiger partial charge in [0.2, 0.25) is 0 Å². The van der Waals surface area contributed by atoms with E-state index >= 15 is 0 Å². The van der Waals surface area contributed by atoms with Crippen molar-refractivity contribution < 1.29 is 9.53 Å². The predicted molar refractivity (Wildman–Crippen MR) is 119 cm³/mol. The molecular formula is C21H25N3O2S2. The monoisotopic (exact) mass is 415 g/mol. The van der Waals surface area contributed by atoms with Crippen molar-refractivity contribution in [2.75, 3.05) is 44.9 Å². The maximum Gasteiger partial charge on any atom is 0.260 e. The number of likely N-dealkylation sites (N-methyl/N-ethyl adjacent to an activating group) is 1. The molecule has 1 aromatic heterocycles. The summed E-state index contributed by atoms with van der Waals surface area (Å²) in [4.78, 5) is 22.9. The van der Waals surface area contributed by atoms with Crippen LogP contribution in [0, 0.1) is 0 Å². The van der Waals surface area contributed by atoms with Gasteiger partial charge >= 0.3 is 0 Å². The zero-order chi connectivity index (χ0) is 20.1. The lowest BCUT2D eigenvalue weighted by Gasteiger charge is -2.22. The molecule has 1 heterocycles. The van der Waals surface area contributed by atoms with Gasteiger partial charge in [-0.2, -0.15) is 0 Å². The molecule has 0 aliphatic carbocycles. The van der Waals surface area contributed by atoms with Gasteiger partial charge in [-0.25, -0.2) is 4.98 Å². The van der Waals surface area contributed by atoms with Crippen LogP contribution in [-0.2, 0) is 0 Å². The van der Waals surface area contributed by atoms with E-state index in [9.17, 15) is 4.79 Å². The second-order valence-electron chi connectivity index (χ2n) is 6.55. The third kappa shape index (κ3) is 4.84. The van der Waals surface area contributed by atoms with Gasteiger partial charge in [0.25, 0.3) is 5.91 Å². The molecule has 2 aromatic carbocycles. The molecule has 5 nitrogen and oxygen atoms in total. The van der Waals surface area contributed by atoms with Crippen molar-refractivity contribution in [1.29, 1.82) is 0 Å². The van der Waals surface area contributed by atoms with Crippen LogP contribution in [0.3, 0.4) is 0 Å². The van der Waals surface area contributed by atoms with Crippen molar-refractivity contribution in [3.8, 4) is 5.75 Å². The fourth-order valence-corrected chi connectivity index (χ4v) is 4.16. The van der Waals surface area contributed by atoms with Gasteiger partial charge in [0, 0.05) is 23.5 Å². The summed E-state index contributed by atoms with van der Waals surface area (Å²) in [7, 11) is 4.01. The first-order valence-corrected chi connectivity index (χ1v) is 11.2. The highest BCUT2D eigenvalue weighted by Gasteiger charge is 2.21. The molecule has 0 radical (unpaired) electrons. The molecule has 0 unspecified atom stereocenters. The van der Waals surface area contributed by atoms with Crippen LogP contribution in [0.2, 0.25) is 0 Å². The Balaban J connectivity index is 1.94. The van der Waals surface area contributed by atoms with Crippen LogP contribution >= 0.6 is 23.1 Å². The van der Waals surface area contributed by atoms with Crippen LogP contribution in [-0.4, -0.2) is 55.8 Å². The van der Waals surface area contributed by atoms with E-state index in [-0.39, 0.29) is 5.91 Å². The minimum Gasteiger partial charge on any atom is -0.494 e. The SMILES string of the molecule is CCOc1ccc2nc(N(CCN(C)C)C(=O)c3ccc(SC)cc3)sc2c1. The topological polar surface area (TPSA) is 45.7 Å². The second kappa shape index (κ2) is 9.41. The highest BCUT2D eigenvalue weighted by atomic mass is 32.2. The molecule has 0 saturated carbocycles. The smallest absolute Gasteiger partial charge is 0.260 e.